The van der Waals surface area contributed by atoms with E-state index in [0.717, 1.165) is 53.8 Å². The van der Waals surface area contributed by atoms with Crippen molar-refractivity contribution < 1.29 is 4.74 Å². The Bertz CT molecular complexity index is 921. The first-order valence-electron chi connectivity index (χ1n) is 13.3. The van der Waals surface area contributed by atoms with Gasteiger partial charge in [-0.2, -0.15) is 0 Å². The van der Waals surface area contributed by atoms with Gasteiger partial charge in [-0.1, -0.05) is 43.0 Å². The fraction of sp³-hybridized carbons (Fsp3) is 0.571. The van der Waals surface area contributed by atoms with Crippen molar-refractivity contribution in [3.63, 3.8) is 0 Å². The largest absolute Gasteiger partial charge is 0.375 e. The third-order valence-electron chi connectivity index (χ3n) is 6.97. The number of nitrogens with one attached hydrogen (secondary N) is 2. The summed E-state index contributed by atoms with van der Waals surface area (Å²) >= 11 is 6.05. The molecule has 0 spiro atoms. The Morgan fingerprint density at radius 1 is 0.914 bits per heavy atom. The Balaban J connectivity index is 1.37. The van der Waals surface area contributed by atoms with Gasteiger partial charge in [0.15, 0.2) is 0 Å². The Morgan fingerprint density at radius 2 is 1.60 bits per heavy atom. The van der Waals surface area contributed by atoms with Crippen LogP contribution in [0.4, 0.5) is 11.6 Å². The van der Waals surface area contributed by atoms with Crippen LogP contribution in [0.5, 0.6) is 0 Å². The summed E-state index contributed by atoms with van der Waals surface area (Å²) in [5.74, 6) is 1.74. The first-order chi connectivity index (χ1) is 17.2. The van der Waals surface area contributed by atoms with E-state index in [1.54, 1.807) is 0 Å². The first-order valence-corrected chi connectivity index (χ1v) is 13.7. The van der Waals surface area contributed by atoms with Crippen molar-refractivity contribution >= 4 is 28.9 Å². The molecule has 1 aromatic heterocycles. The zero-order chi connectivity index (χ0) is 24.3. The van der Waals surface area contributed by atoms with Crippen molar-refractivity contribution in [2.24, 2.45) is 0 Å². The first kappa shape index (κ1) is 25.9. The van der Waals surface area contributed by atoms with Crippen LogP contribution in [-0.4, -0.2) is 61.5 Å². The number of anilines is 2. The van der Waals surface area contributed by atoms with E-state index in [9.17, 15) is 0 Å². The van der Waals surface area contributed by atoms with Gasteiger partial charge in [-0.3, -0.25) is 0 Å². The van der Waals surface area contributed by atoms with Crippen molar-refractivity contribution in [3.05, 3.63) is 52.5 Å². The summed E-state index contributed by atoms with van der Waals surface area (Å²) in [4.78, 5) is 9.89. The van der Waals surface area contributed by atoms with E-state index in [0.29, 0.717) is 25.5 Å². The zero-order valence-corrected chi connectivity index (χ0v) is 21.7. The summed E-state index contributed by atoms with van der Waals surface area (Å²) in [6, 6.07) is 11.9. The molecule has 0 bridgehead atoms. The van der Waals surface area contributed by atoms with Crippen LogP contribution in [0.15, 0.2) is 36.4 Å². The maximum absolute atomic E-state index is 8.72. The molecule has 1 aromatic carbocycles. The number of hydrogen-bond acceptors (Lipinski definition) is 6. The Morgan fingerprint density at radius 3 is 2.34 bits per heavy atom. The van der Waals surface area contributed by atoms with Crippen LogP contribution in [0.2, 0.25) is 5.02 Å². The molecule has 190 valence electrons. The average Bonchev–Trinajstić information content (AvgIpc) is 3.18. The normalized spacial score (nSPS) is 17.2. The number of ether oxygens (including phenoxy) is 1. The van der Waals surface area contributed by atoms with Crippen LogP contribution in [0, 0.1) is 5.41 Å². The molecule has 2 aliphatic rings. The van der Waals surface area contributed by atoms with Gasteiger partial charge in [0.2, 0.25) is 0 Å². The van der Waals surface area contributed by atoms with Gasteiger partial charge in [0.25, 0.3) is 0 Å². The molecule has 6 nitrogen and oxygen atoms in total. The highest BCUT2D eigenvalue weighted by Gasteiger charge is 2.16. The molecule has 2 aliphatic heterocycles. The van der Waals surface area contributed by atoms with Crippen LogP contribution in [0.1, 0.15) is 62.5 Å². The molecule has 2 fully saturated rings. The van der Waals surface area contributed by atoms with E-state index >= 15 is 0 Å². The highest BCUT2D eigenvalue weighted by Crippen LogP contribution is 2.23. The van der Waals surface area contributed by atoms with E-state index in [1.807, 2.05) is 30.3 Å². The quantitative estimate of drug-likeness (QED) is 0.295. The van der Waals surface area contributed by atoms with E-state index in [2.05, 4.69) is 21.2 Å². The molecule has 0 atom stereocenters. The van der Waals surface area contributed by atoms with Crippen molar-refractivity contribution in [2.45, 2.75) is 57.9 Å². The Kier molecular flexibility index (Phi) is 10.2. The molecule has 2 N–H and O–H groups in total. The van der Waals surface area contributed by atoms with Gasteiger partial charge in [-0.25, -0.2) is 4.98 Å². The standard InChI is InChI=1S/C28H40ClN5O/c29-24-11-9-23(10-12-24)21-31-28-25(13-14-27(32-28)34-18-6-1-2-7-19-34)26(30)22-35-20-8-17-33-15-4-3-5-16-33/h9-14,30H,1-8,15-22H2,(H,31,32). The fourth-order valence-electron chi connectivity index (χ4n) is 4.92. The number of halogens is 1. The highest BCUT2D eigenvalue weighted by atomic mass is 35.5. The molecule has 2 saturated heterocycles. The second-order valence-electron chi connectivity index (χ2n) is 9.73. The second-order valence-corrected chi connectivity index (χ2v) is 10.2. The summed E-state index contributed by atoms with van der Waals surface area (Å²) in [5.41, 5.74) is 2.41. The third-order valence-corrected chi connectivity index (χ3v) is 7.22. The SMILES string of the molecule is N=C(COCCCN1CCCCC1)c1ccc(N2CCCCCC2)nc1NCc1ccc(Cl)cc1. The number of likely N-dealkylation sites (tertiary alicyclic amines) is 1. The number of piperidine rings is 1. The lowest BCUT2D eigenvalue weighted by atomic mass is 10.1. The van der Waals surface area contributed by atoms with Crippen molar-refractivity contribution in [2.75, 3.05) is 56.2 Å². The summed E-state index contributed by atoms with van der Waals surface area (Å²) in [5, 5.41) is 12.9. The number of nitrogens with zero attached hydrogens (tertiary/aromatic N) is 3. The maximum Gasteiger partial charge on any atom is 0.137 e. The van der Waals surface area contributed by atoms with Crippen LogP contribution < -0.4 is 10.2 Å². The van der Waals surface area contributed by atoms with Crippen molar-refractivity contribution in [1.29, 1.82) is 5.41 Å². The smallest absolute Gasteiger partial charge is 0.137 e. The molecular formula is C28H40ClN5O. The molecule has 3 heterocycles. The van der Waals surface area contributed by atoms with Crippen molar-refractivity contribution in [1.82, 2.24) is 9.88 Å². The molecule has 0 radical (unpaired) electrons. The summed E-state index contributed by atoms with van der Waals surface area (Å²) in [6.07, 6.45) is 10.0. The summed E-state index contributed by atoms with van der Waals surface area (Å²) in [7, 11) is 0. The summed E-state index contributed by atoms with van der Waals surface area (Å²) < 4.78 is 5.90. The monoisotopic (exact) mass is 497 g/mol. The molecule has 2 aromatic rings. The van der Waals surface area contributed by atoms with Crippen LogP contribution >= 0.6 is 11.6 Å². The summed E-state index contributed by atoms with van der Waals surface area (Å²) in [6.45, 7) is 7.23. The van der Waals surface area contributed by atoms with Gasteiger partial charge >= 0.3 is 0 Å². The molecule has 7 heteroatoms. The number of aromatic nitrogens is 1. The van der Waals surface area contributed by atoms with Gasteiger partial charge in [0, 0.05) is 43.4 Å². The molecule has 0 aliphatic carbocycles. The Labute approximate surface area is 215 Å². The lowest BCUT2D eigenvalue weighted by Gasteiger charge is -2.26. The van der Waals surface area contributed by atoms with Gasteiger partial charge in [0.05, 0.1) is 12.3 Å². The van der Waals surface area contributed by atoms with Gasteiger partial charge < -0.3 is 25.3 Å². The van der Waals surface area contributed by atoms with Crippen LogP contribution in [-0.2, 0) is 11.3 Å². The number of hydrogen-bond donors (Lipinski definition) is 2. The van der Waals surface area contributed by atoms with E-state index in [4.69, 9.17) is 26.7 Å². The van der Waals surface area contributed by atoms with Crippen LogP contribution in [0.3, 0.4) is 0 Å². The Hall–Kier alpha value is -2.15. The van der Waals surface area contributed by atoms with E-state index in [-0.39, 0.29) is 0 Å². The van der Waals surface area contributed by atoms with Gasteiger partial charge in [-0.05, 0) is 75.0 Å². The molecule has 35 heavy (non-hydrogen) atoms. The highest BCUT2D eigenvalue weighted by molar-refractivity contribution is 6.30. The molecule has 0 amide bonds. The van der Waals surface area contributed by atoms with Gasteiger partial charge in [0.1, 0.15) is 11.6 Å². The maximum atomic E-state index is 8.72. The average molecular weight is 498 g/mol. The lowest BCUT2D eigenvalue weighted by Crippen LogP contribution is -2.31. The minimum absolute atomic E-state index is 0.306. The zero-order valence-electron chi connectivity index (χ0n) is 20.9. The van der Waals surface area contributed by atoms with Crippen LogP contribution in [0.25, 0.3) is 0 Å². The number of pyridine rings is 1. The number of benzene rings is 1. The van der Waals surface area contributed by atoms with Gasteiger partial charge in [-0.15, -0.1) is 0 Å². The molecular weight excluding hydrogens is 458 g/mol. The molecule has 0 unspecified atom stereocenters. The lowest BCUT2D eigenvalue weighted by molar-refractivity contribution is 0.145. The minimum Gasteiger partial charge on any atom is -0.375 e. The van der Waals surface area contributed by atoms with Crippen molar-refractivity contribution in [3.8, 4) is 0 Å². The molecule has 0 saturated carbocycles. The number of rotatable bonds is 11. The predicted molar refractivity (Wildman–Crippen MR) is 146 cm³/mol. The predicted octanol–water partition coefficient (Wildman–Crippen LogP) is 5.99. The fourth-order valence-corrected chi connectivity index (χ4v) is 5.04. The van der Waals surface area contributed by atoms with E-state index < -0.39 is 0 Å². The minimum atomic E-state index is 0.306. The topological polar surface area (TPSA) is 64.5 Å². The molecule has 4 rings (SSSR count). The third kappa shape index (κ3) is 8.19. The second kappa shape index (κ2) is 13.8. The van der Waals surface area contributed by atoms with E-state index in [1.165, 1.54) is 58.0 Å².